The Bertz CT molecular complexity index is 354. The summed E-state index contributed by atoms with van der Waals surface area (Å²) in [5.74, 6) is 0.589. The molecular weight excluding hydrogens is 194 g/mol. The lowest BCUT2D eigenvalue weighted by Crippen LogP contribution is -2.27. The average molecular weight is 207 g/mol. The van der Waals surface area contributed by atoms with Crippen LogP contribution < -0.4 is 10.6 Å². The molecular formula is C10H13N3O2. The summed E-state index contributed by atoms with van der Waals surface area (Å²) in [4.78, 5) is 15.4. The summed E-state index contributed by atoms with van der Waals surface area (Å²) < 4.78 is 4.92. The van der Waals surface area contributed by atoms with E-state index in [4.69, 9.17) is 4.74 Å². The first-order chi connectivity index (χ1) is 7.36. The second kappa shape index (κ2) is 4.75. The van der Waals surface area contributed by atoms with E-state index in [1.54, 1.807) is 6.20 Å². The summed E-state index contributed by atoms with van der Waals surface area (Å²) in [5.41, 5.74) is 1.02. The molecule has 0 fully saturated rings. The van der Waals surface area contributed by atoms with Crippen molar-refractivity contribution in [3.63, 3.8) is 0 Å². The van der Waals surface area contributed by atoms with Crippen LogP contribution >= 0.6 is 0 Å². The topological polar surface area (TPSA) is 63.2 Å². The first-order valence-corrected chi connectivity index (χ1v) is 4.94. The molecule has 0 aliphatic carbocycles. The summed E-state index contributed by atoms with van der Waals surface area (Å²) in [5, 5.41) is 5.81. The Labute approximate surface area is 87.8 Å². The van der Waals surface area contributed by atoms with Crippen molar-refractivity contribution in [3.8, 4) is 0 Å². The van der Waals surface area contributed by atoms with E-state index in [9.17, 15) is 4.79 Å². The highest BCUT2D eigenvalue weighted by Gasteiger charge is 2.09. The molecule has 0 bridgehead atoms. The highest BCUT2D eigenvalue weighted by atomic mass is 16.5. The number of amides is 1. The number of nitrogens with zero attached hydrogens (tertiary/aromatic N) is 1. The van der Waals surface area contributed by atoms with Crippen molar-refractivity contribution in [3.05, 3.63) is 23.9 Å². The minimum Gasteiger partial charge on any atom is -0.448 e. The molecule has 1 amide bonds. The average Bonchev–Trinajstić information content (AvgIpc) is 2.25. The van der Waals surface area contributed by atoms with Gasteiger partial charge >= 0.3 is 6.09 Å². The van der Waals surface area contributed by atoms with Crippen LogP contribution in [0.15, 0.2) is 18.3 Å². The molecule has 5 heteroatoms. The molecule has 0 aromatic carbocycles. The van der Waals surface area contributed by atoms with Crippen molar-refractivity contribution < 1.29 is 9.53 Å². The fourth-order valence-electron chi connectivity index (χ4n) is 1.45. The van der Waals surface area contributed by atoms with E-state index < -0.39 is 6.09 Å². The van der Waals surface area contributed by atoms with Crippen molar-refractivity contribution in [2.75, 3.05) is 25.0 Å². The van der Waals surface area contributed by atoms with Gasteiger partial charge in [-0.25, -0.2) is 9.78 Å². The first kappa shape index (κ1) is 9.92. The summed E-state index contributed by atoms with van der Waals surface area (Å²) >= 11 is 0. The third-order valence-corrected chi connectivity index (χ3v) is 2.19. The molecule has 0 atom stereocenters. The standard InChI is InChI=1S/C10H13N3O2/c14-10-13-9-8(2-1-4-12-9)3-5-11-6-7-15-10/h1-2,4,11H,3,5-7H2,(H,12,13,14). The molecule has 15 heavy (non-hydrogen) atoms. The number of nitrogens with one attached hydrogen (secondary N) is 2. The van der Waals surface area contributed by atoms with Gasteiger partial charge < -0.3 is 10.1 Å². The summed E-state index contributed by atoms with van der Waals surface area (Å²) in [6.07, 6.45) is 2.06. The Hall–Kier alpha value is -1.62. The fraction of sp³-hybridized carbons (Fsp3) is 0.400. The predicted octanol–water partition coefficient (Wildman–Crippen LogP) is 0.776. The number of aromatic nitrogens is 1. The van der Waals surface area contributed by atoms with Gasteiger partial charge in [0.2, 0.25) is 0 Å². The van der Waals surface area contributed by atoms with Crippen LogP contribution in [-0.4, -0.2) is 30.8 Å². The first-order valence-electron chi connectivity index (χ1n) is 4.94. The zero-order valence-corrected chi connectivity index (χ0v) is 8.32. The maximum atomic E-state index is 11.3. The van der Waals surface area contributed by atoms with Gasteiger partial charge in [0.05, 0.1) is 0 Å². The Kier molecular flexibility index (Phi) is 3.14. The molecule has 2 N–H and O–H groups in total. The van der Waals surface area contributed by atoms with Crippen molar-refractivity contribution in [1.29, 1.82) is 0 Å². The largest absolute Gasteiger partial charge is 0.448 e. The van der Waals surface area contributed by atoms with E-state index in [2.05, 4.69) is 15.6 Å². The van der Waals surface area contributed by atoms with Crippen molar-refractivity contribution in [1.82, 2.24) is 10.3 Å². The monoisotopic (exact) mass is 207 g/mol. The molecule has 1 aliphatic heterocycles. The number of pyridine rings is 1. The van der Waals surface area contributed by atoms with Gasteiger partial charge in [-0.3, -0.25) is 5.32 Å². The number of carbonyl (C=O) groups is 1. The third-order valence-electron chi connectivity index (χ3n) is 2.19. The summed E-state index contributed by atoms with van der Waals surface area (Å²) in [7, 11) is 0. The minimum absolute atomic E-state index is 0.383. The maximum absolute atomic E-state index is 11.3. The Morgan fingerprint density at radius 1 is 1.40 bits per heavy atom. The molecule has 0 spiro atoms. The lowest BCUT2D eigenvalue weighted by molar-refractivity contribution is 0.161. The molecule has 5 nitrogen and oxygen atoms in total. The number of anilines is 1. The minimum atomic E-state index is -0.446. The van der Waals surface area contributed by atoms with Gasteiger partial charge in [-0.2, -0.15) is 0 Å². The molecule has 0 radical (unpaired) electrons. The van der Waals surface area contributed by atoms with Gasteiger partial charge in [0.15, 0.2) is 0 Å². The molecule has 1 aromatic rings. The molecule has 2 rings (SSSR count). The van der Waals surface area contributed by atoms with Crippen LogP contribution in [0.1, 0.15) is 5.56 Å². The highest BCUT2D eigenvalue weighted by molar-refractivity contribution is 5.84. The Morgan fingerprint density at radius 3 is 3.27 bits per heavy atom. The molecule has 1 aromatic heterocycles. The molecule has 80 valence electrons. The zero-order chi connectivity index (χ0) is 10.5. The van der Waals surface area contributed by atoms with Crippen molar-refractivity contribution in [2.45, 2.75) is 6.42 Å². The van der Waals surface area contributed by atoms with Crippen LogP contribution in [0.25, 0.3) is 0 Å². The Morgan fingerprint density at radius 2 is 2.33 bits per heavy atom. The van der Waals surface area contributed by atoms with Crippen LogP contribution in [-0.2, 0) is 11.2 Å². The van der Waals surface area contributed by atoms with Crippen molar-refractivity contribution >= 4 is 11.9 Å². The lowest BCUT2D eigenvalue weighted by Gasteiger charge is -2.13. The summed E-state index contributed by atoms with van der Waals surface area (Å²) in [6, 6.07) is 3.81. The second-order valence-electron chi connectivity index (χ2n) is 3.27. The molecule has 0 unspecified atom stereocenters. The molecule has 0 saturated carbocycles. The van der Waals surface area contributed by atoms with E-state index >= 15 is 0 Å². The highest BCUT2D eigenvalue weighted by Crippen LogP contribution is 2.12. The molecule has 2 heterocycles. The van der Waals surface area contributed by atoms with Crippen LogP contribution in [0.3, 0.4) is 0 Å². The SMILES string of the molecule is O=C1Nc2ncccc2CCNCCO1. The quantitative estimate of drug-likeness (QED) is 0.659. The zero-order valence-electron chi connectivity index (χ0n) is 8.32. The number of hydrogen-bond acceptors (Lipinski definition) is 4. The number of rotatable bonds is 0. The Balaban J connectivity index is 2.19. The molecule has 1 aliphatic rings. The number of cyclic esters (lactones) is 1. The van der Waals surface area contributed by atoms with Gasteiger partial charge in [-0.15, -0.1) is 0 Å². The van der Waals surface area contributed by atoms with E-state index in [-0.39, 0.29) is 0 Å². The molecule has 0 saturated heterocycles. The maximum Gasteiger partial charge on any atom is 0.412 e. The van der Waals surface area contributed by atoms with Gasteiger partial charge in [0, 0.05) is 12.7 Å². The smallest absolute Gasteiger partial charge is 0.412 e. The van der Waals surface area contributed by atoms with E-state index in [0.717, 1.165) is 18.5 Å². The van der Waals surface area contributed by atoms with Crippen LogP contribution in [0.5, 0.6) is 0 Å². The second-order valence-corrected chi connectivity index (χ2v) is 3.27. The van der Waals surface area contributed by atoms with Crippen molar-refractivity contribution in [2.24, 2.45) is 0 Å². The van der Waals surface area contributed by atoms with E-state index in [1.165, 1.54) is 0 Å². The van der Waals surface area contributed by atoms with E-state index in [1.807, 2.05) is 12.1 Å². The number of carbonyl (C=O) groups excluding carboxylic acids is 1. The lowest BCUT2D eigenvalue weighted by atomic mass is 10.2. The summed E-state index contributed by atoms with van der Waals surface area (Å²) in [6.45, 7) is 1.93. The van der Waals surface area contributed by atoms with Crippen LogP contribution in [0.4, 0.5) is 10.6 Å². The number of fused-ring (bicyclic) bond motifs is 1. The normalized spacial score (nSPS) is 17.2. The van der Waals surface area contributed by atoms with Gasteiger partial charge in [0.1, 0.15) is 12.4 Å². The van der Waals surface area contributed by atoms with Gasteiger partial charge in [0.25, 0.3) is 0 Å². The number of ether oxygens (including phenoxy) is 1. The van der Waals surface area contributed by atoms with Gasteiger partial charge in [-0.05, 0) is 24.6 Å². The number of hydrogen-bond donors (Lipinski definition) is 2. The van der Waals surface area contributed by atoms with Crippen LogP contribution in [0.2, 0.25) is 0 Å². The van der Waals surface area contributed by atoms with Crippen LogP contribution in [0, 0.1) is 0 Å². The predicted molar refractivity (Wildman–Crippen MR) is 55.8 cm³/mol. The van der Waals surface area contributed by atoms with E-state index in [0.29, 0.717) is 19.0 Å². The van der Waals surface area contributed by atoms with Gasteiger partial charge in [-0.1, -0.05) is 6.07 Å². The third kappa shape index (κ3) is 2.66. The fourth-order valence-corrected chi connectivity index (χ4v) is 1.45.